The SMILES string of the molecule is CC(C)COc1ccc(CN(Cc2ccc(F)cc2Cl)C(=O)NC2CCNCC2)cc1. The van der Waals surface area contributed by atoms with Crippen LogP contribution < -0.4 is 15.4 Å². The van der Waals surface area contributed by atoms with Crippen LogP contribution in [0.2, 0.25) is 5.02 Å². The highest BCUT2D eigenvalue weighted by atomic mass is 35.5. The Morgan fingerprint density at radius 2 is 1.90 bits per heavy atom. The van der Waals surface area contributed by atoms with Crippen molar-refractivity contribution >= 4 is 17.6 Å². The first-order valence-corrected chi connectivity index (χ1v) is 11.2. The topological polar surface area (TPSA) is 53.6 Å². The minimum Gasteiger partial charge on any atom is -0.493 e. The molecular weight excluding hydrogens is 417 g/mol. The minimum atomic E-state index is -0.392. The lowest BCUT2D eigenvalue weighted by molar-refractivity contribution is 0.185. The Balaban J connectivity index is 1.71. The average Bonchev–Trinajstić information content (AvgIpc) is 2.75. The quantitative estimate of drug-likeness (QED) is 0.600. The van der Waals surface area contributed by atoms with Crippen LogP contribution >= 0.6 is 11.6 Å². The Bertz CT molecular complexity index is 854. The van der Waals surface area contributed by atoms with Gasteiger partial charge in [0, 0.05) is 24.2 Å². The molecule has 0 aromatic heterocycles. The first kappa shape index (κ1) is 23.4. The summed E-state index contributed by atoms with van der Waals surface area (Å²) in [6.07, 6.45) is 1.80. The average molecular weight is 448 g/mol. The highest BCUT2D eigenvalue weighted by Crippen LogP contribution is 2.21. The predicted molar refractivity (Wildman–Crippen MR) is 122 cm³/mol. The zero-order chi connectivity index (χ0) is 22.2. The lowest BCUT2D eigenvalue weighted by Gasteiger charge is -2.29. The van der Waals surface area contributed by atoms with E-state index >= 15 is 0 Å². The molecular formula is C24H31ClFN3O2. The third-order valence-corrected chi connectivity index (χ3v) is 5.56. The van der Waals surface area contributed by atoms with Gasteiger partial charge in [-0.2, -0.15) is 0 Å². The molecule has 0 spiro atoms. The summed E-state index contributed by atoms with van der Waals surface area (Å²) in [6, 6.07) is 12.0. The number of ether oxygens (including phenoxy) is 1. The normalized spacial score (nSPS) is 14.5. The molecule has 2 aromatic carbocycles. The van der Waals surface area contributed by atoms with Crippen LogP contribution in [0.25, 0.3) is 0 Å². The molecule has 2 amide bonds. The van der Waals surface area contributed by atoms with E-state index in [0.717, 1.165) is 37.2 Å². The summed E-state index contributed by atoms with van der Waals surface area (Å²) in [4.78, 5) is 14.8. The maximum Gasteiger partial charge on any atom is 0.318 e. The van der Waals surface area contributed by atoms with Gasteiger partial charge in [0.1, 0.15) is 11.6 Å². The zero-order valence-electron chi connectivity index (χ0n) is 18.2. The Morgan fingerprint density at radius 1 is 1.19 bits per heavy atom. The van der Waals surface area contributed by atoms with E-state index in [0.29, 0.717) is 36.2 Å². The van der Waals surface area contributed by atoms with Crippen molar-refractivity contribution in [3.05, 3.63) is 64.4 Å². The van der Waals surface area contributed by atoms with E-state index in [1.165, 1.54) is 12.1 Å². The van der Waals surface area contributed by atoms with Gasteiger partial charge in [0.25, 0.3) is 0 Å². The molecule has 1 heterocycles. The number of benzene rings is 2. The molecule has 1 aliphatic heterocycles. The molecule has 1 saturated heterocycles. The number of hydrogen-bond donors (Lipinski definition) is 2. The van der Waals surface area contributed by atoms with Gasteiger partial charge in [-0.3, -0.25) is 0 Å². The molecule has 0 radical (unpaired) electrons. The molecule has 0 saturated carbocycles. The van der Waals surface area contributed by atoms with Crippen molar-refractivity contribution < 1.29 is 13.9 Å². The summed E-state index contributed by atoms with van der Waals surface area (Å²) < 4.78 is 19.2. The van der Waals surface area contributed by atoms with Crippen LogP contribution in [0.1, 0.15) is 37.8 Å². The van der Waals surface area contributed by atoms with Crippen LogP contribution in [-0.4, -0.2) is 36.7 Å². The number of carbonyl (C=O) groups is 1. The van der Waals surface area contributed by atoms with E-state index in [1.807, 2.05) is 24.3 Å². The van der Waals surface area contributed by atoms with Gasteiger partial charge < -0.3 is 20.3 Å². The molecule has 7 heteroatoms. The number of hydrogen-bond acceptors (Lipinski definition) is 3. The molecule has 31 heavy (non-hydrogen) atoms. The summed E-state index contributed by atoms with van der Waals surface area (Å²) in [6.45, 7) is 7.37. The maximum absolute atomic E-state index is 13.5. The van der Waals surface area contributed by atoms with E-state index in [9.17, 15) is 9.18 Å². The molecule has 2 N–H and O–H groups in total. The lowest BCUT2D eigenvalue weighted by atomic mass is 10.1. The third kappa shape index (κ3) is 7.40. The maximum atomic E-state index is 13.5. The molecule has 0 aliphatic carbocycles. The van der Waals surface area contributed by atoms with Gasteiger partial charge in [0.15, 0.2) is 0 Å². The van der Waals surface area contributed by atoms with Crippen molar-refractivity contribution in [2.24, 2.45) is 5.92 Å². The Kier molecular flexibility index (Phi) is 8.55. The van der Waals surface area contributed by atoms with Crippen molar-refractivity contribution in [1.29, 1.82) is 0 Å². The van der Waals surface area contributed by atoms with Crippen molar-refractivity contribution in [2.45, 2.75) is 45.8 Å². The molecule has 0 atom stereocenters. The standard InChI is InChI=1S/C24H31ClFN3O2/c1-17(2)16-31-22-7-3-18(4-8-22)14-29(15-19-5-6-20(26)13-23(19)25)24(30)28-21-9-11-27-12-10-21/h3-8,13,17,21,27H,9-12,14-16H2,1-2H3,(H,28,30). The van der Waals surface area contributed by atoms with Crippen molar-refractivity contribution in [3.8, 4) is 5.75 Å². The van der Waals surface area contributed by atoms with Crippen LogP contribution in [0.15, 0.2) is 42.5 Å². The van der Waals surface area contributed by atoms with Gasteiger partial charge in [0.05, 0.1) is 6.61 Å². The summed E-state index contributed by atoms with van der Waals surface area (Å²) >= 11 is 6.23. The summed E-state index contributed by atoms with van der Waals surface area (Å²) in [5.74, 6) is 0.871. The minimum absolute atomic E-state index is 0.145. The zero-order valence-corrected chi connectivity index (χ0v) is 18.9. The van der Waals surface area contributed by atoms with E-state index in [-0.39, 0.29) is 12.1 Å². The van der Waals surface area contributed by atoms with Gasteiger partial charge >= 0.3 is 6.03 Å². The summed E-state index contributed by atoms with van der Waals surface area (Å²) in [7, 11) is 0. The summed E-state index contributed by atoms with van der Waals surface area (Å²) in [5.41, 5.74) is 1.69. The lowest BCUT2D eigenvalue weighted by Crippen LogP contribution is -2.48. The highest BCUT2D eigenvalue weighted by molar-refractivity contribution is 6.31. The van der Waals surface area contributed by atoms with Gasteiger partial charge in [-0.25, -0.2) is 9.18 Å². The van der Waals surface area contributed by atoms with Gasteiger partial charge in [-0.05, 0) is 67.2 Å². The Labute approximate surface area is 188 Å². The number of nitrogens with zero attached hydrogens (tertiary/aromatic N) is 1. The second-order valence-corrected chi connectivity index (χ2v) is 8.82. The van der Waals surface area contributed by atoms with Crippen LogP contribution in [0.4, 0.5) is 9.18 Å². The Hall–Kier alpha value is -2.31. The van der Waals surface area contributed by atoms with E-state index in [1.54, 1.807) is 11.0 Å². The number of piperidine rings is 1. The van der Waals surface area contributed by atoms with Crippen molar-refractivity contribution in [2.75, 3.05) is 19.7 Å². The highest BCUT2D eigenvalue weighted by Gasteiger charge is 2.21. The first-order valence-electron chi connectivity index (χ1n) is 10.8. The summed E-state index contributed by atoms with van der Waals surface area (Å²) in [5, 5.41) is 6.76. The molecule has 1 aliphatic rings. The second-order valence-electron chi connectivity index (χ2n) is 8.41. The smallest absolute Gasteiger partial charge is 0.318 e. The van der Waals surface area contributed by atoms with Crippen LogP contribution in [-0.2, 0) is 13.1 Å². The third-order valence-electron chi connectivity index (χ3n) is 5.21. The molecule has 0 unspecified atom stereocenters. The second kappa shape index (κ2) is 11.3. The van der Waals surface area contributed by atoms with E-state index in [4.69, 9.17) is 16.3 Å². The van der Waals surface area contributed by atoms with Crippen LogP contribution in [0.5, 0.6) is 5.75 Å². The fourth-order valence-electron chi connectivity index (χ4n) is 3.46. The largest absolute Gasteiger partial charge is 0.493 e. The Morgan fingerprint density at radius 3 is 2.55 bits per heavy atom. The molecule has 5 nitrogen and oxygen atoms in total. The number of urea groups is 1. The van der Waals surface area contributed by atoms with E-state index < -0.39 is 5.82 Å². The van der Waals surface area contributed by atoms with Crippen LogP contribution in [0, 0.1) is 11.7 Å². The molecule has 3 rings (SSSR count). The van der Waals surface area contributed by atoms with Gasteiger partial charge in [-0.1, -0.05) is 43.6 Å². The number of carbonyl (C=O) groups excluding carboxylic acids is 1. The van der Waals surface area contributed by atoms with E-state index in [2.05, 4.69) is 24.5 Å². The van der Waals surface area contributed by atoms with Crippen LogP contribution in [0.3, 0.4) is 0 Å². The van der Waals surface area contributed by atoms with Gasteiger partial charge in [-0.15, -0.1) is 0 Å². The fourth-order valence-corrected chi connectivity index (χ4v) is 3.69. The fraction of sp³-hybridized carbons (Fsp3) is 0.458. The molecule has 168 valence electrons. The predicted octanol–water partition coefficient (Wildman–Crippen LogP) is 4.98. The van der Waals surface area contributed by atoms with Gasteiger partial charge in [0.2, 0.25) is 0 Å². The molecule has 2 aromatic rings. The number of rotatable bonds is 8. The monoisotopic (exact) mass is 447 g/mol. The number of nitrogens with one attached hydrogen (secondary N) is 2. The molecule has 1 fully saturated rings. The molecule has 0 bridgehead atoms. The van der Waals surface area contributed by atoms with Crippen molar-refractivity contribution in [1.82, 2.24) is 15.5 Å². The number of amides is 2. The van der Waals surface area contributed by atoms with Crippen molar-refractivity contribution in [3.63, 3.8) is 0 Å². The first-order chi connectivity index (χ1) is 14.9. The number of halogens is 2.